The number of carbonyl (C=O) groups is 1. The minimum absolute atomic E-state index is 0. The number of sulfone groups is 1. The predicted octanol–water partition coefficient (Wildman–Crippen LogP) is 5.53. The van der Waals surface area contributed by atoms with Crippen molar-refractivity contribution >= 4 is 66.4 Å². The van der Waals surface area contributed by atoms with E-state index < -0.39 is 9.84 Å². The Morgan fingerprint density at radius 2 is 1.68 bits per heavy atom. The quantitative estimate of drug-likeness (QED) is 0.336. The lowest BCUT2D eigenvalue weighted by Gasteiger charge is -2.24. The number of likely N-dealkylation sites (N-methyl/N-ethyl adjacent to an activating group) is 1. The highest BCUT2D eigenvalue weighted by Crippen LogP contribution is 2.32. The van der Waals surface area contributed by atoms with E-state index in [0.717, 1.165) is 34.4 Å². The van der Waals surface area contributed by atoms with Crippen molar-refractivity contribution in [2.75, 3.05) is 36.8 Å². The van der Waals surface area contributed by atoms with Crippen molar-refractivity contribution in [3.05, 3.63) is 52.5 Å². The van der Waals surface area contributed by atoms with E-state index in [2.05, 4.69) is 24.8 Å². The third-order valence-corrected chi connectivity index (χ3v) is 8.92. The lowest BCUT2D eigenvalue weighted by atomic mass is 10.1. The van der Waals surface area contributed by atoms with Crippen LogP contribution in [0.3, 0.4) is 0 Å². The van der Waals surface area contributed by atoms with Crippen molar-refractivity contribution in [2.45, 2.75) is 39.0 Å². The number of nitrogens with zero attached hydrogens (tertiary/aromatic N) is 3. The van der Waals surface area contributed by atoms with Crippen molar-refractivity contribution in [2.24, 2.45) is 0 Å². The molecule has 2 aromatic carbocycles. The highest BCUT2D eigenvalue weighted by molar-refractivity contribution is 7.91. The molecular weight excluding hydrogens is 513 g/mol. The van der Waals surface area contributed by atoms with Gasteiger partial charge in [-0.3, -0.25) is 9.69 Å². The summed E-state index contributed by atoms with van der Waals surface area (Å²) >= 11 is 7.34. The van der Waals surface area contributed by atoms with Crippen LogP contribution in [0.5, 0.6) is 0 Å². The molecule has 3 rings (SSSR count). The molecule has 0 aliphatic rings. The number of anilines is 1. The molecule has 0 saturated carbocycles. The van der Waals surface area contributed by atoms with Crippen LogP contribution in [-0.2, 0) is 14.6 Å². The Morgan fingerprint density at radius 3 is 2.29 bits per heavy atom. The molecule has 6 nitrogen and oxygen atoms in total. The number of rotatable bonds is 10. The summed E-state index contributed by atoms with van der Waals surface area (Å²) in [6, 6.07) is 10.1. The summed E-state index contributed by atoms with van der Waals surface area (Å²) in [5.41, 5.74) is 3.13. The lowest BCUT2D eigenvalue weighted by Crippen LogP contribution is -2.39. The molecule has 0 fully saturated rings. The van der Waals surface area contributed by atoms with Crippen LogP contribution in [0.1, 0.15) is 31.4 Å². The zero-order chi connectivity index (χ0) is 24.2. The van der Waals surface area contributed by atoms with Gasteiger partial charge in [0.2, 0.25) is 5.91 Å². The molecule has 0 aliphatic heterocycles. The van der Waals surface area contributed by atoms with Gasteiger partial charge in [0.15, 0.2) is 15.0 Å². The molecule has 0 atom stereocenters. The van der Waals surface area contributed by atoms with Gasteiger partial charge in [-0.1, -0.05) is 42.9 Å². The molecule has 3 aromatic rings. The van der Waals surface area contributed by atoms with E-state index in [1.807, 2.05) is 19.9 Å². The number of hydrogen-bond acceptors (Lipinski definition) is 6. The number of aromatic nitrogens is 1. The van der Waals surface area contributed by atoms with E-state index >= 15 is 0 Å². The second-order valence-electron chi connectivity index (χ2n) is 7.95. The van der Waals surface area contributed by atoms with Gasteiger partial charge in [0.25, 0.3) is 0 Å². The summed E-state index contributed by atoms with van der Waals surface area (Å²) in [5, 5.41) is 1.08. The van der Waals surface area contributed by atoms with Crippen LogP contribution in [0.25, 0.3) is 10.2 Å². The predicted molar refractivity (Wildman–Crippen MR) is 145 cm³/mol. The fourth-order valence-electron chi connectivity index (χ4n) is 3.55. The first-order chi connectivity index (χ1) is 15.7. The largest absolute Gasteiger partial charge is 0.302 e. The van der Waals surface area contributed by atoms with Gasteiger partial charge in [-0.2, -0.15) is 0 Å². The number of fused-ring (bicyclic) bond motifs is 1. The summed E-state index contributed by atoms with van der Waals surface area (Å²) < 4.78 is 26.5. The van der Waals surface area contributed by atoms with E-state index in [4.69, 9.17) is 16.6 Å². The first kappa shape index (κ1) is 28.5. The van der Waals surface area contributed by atoms with Crippen molar-refractivity contribution in [3.8, 4) is 0 Å². The Labute approximate surface area is 217 Å². The molecule has 0 N–H and O–H groups in total. The molecule has 1 heterocycles. The molecule has 0 spiro atoms. The summed E-state index contributed by atoms with van der Waals surface area (Å²) in [6.45, 7) is 11.1. The summed E-state index contributed by atoms with van der Waals surface area (Å²) in [7, 11) is -3.60. The van der Waals surface area contributed by atoms with Crippen molar-refractivity contribution in [3.63, 3.8) is 0 Å². The molecule has 186 valence electrons. The molecule has 0 bridgehead atoms. The monoisotopic (exact) mass is 543 g/mol. The van der Waals surface area contributed by atoms with E-state index in [-0.39, 0.29) is 35.4 Å². The molecule has 1 amide bonds. The van der Waals surface area contributed by atoms with Crippen LogP contribution in [0.2, 0.25) is 5.02 Å². The second kappa shape index (κ2) is 12.3. The standard InChI is InChI=1S/C24H30ClN3O3S2.ClH/c1-5-27(6-2)14-15-28(24-26-23-18(4)17(3)7-12-21(23)32-24)22(29)13-16-33(30,31)20-10-8-19(25)9-11-20;/h7-12H,5-6,13-16H2,1-4H3;1H. The molecule has 0 radical (unpaired) electrons. The average molecular weight is 545 g/mol. The van der Waals surface area contributed by atoms with Crippen molar-refractivity contribution in [1.82, 2.24) is 9.88 Å². The Bertz CT molecular complexity index is 1220. The van der Waals surface area contributed by atoms with Gasteiger partial charge < -0.3 is 4.90 Å². The van der Waals surface area contributed by atoms with Crippen LogP contribution in [-0.4, -0.2) is 56.1 Å². The zero-order valence-corrected chi connectivity index (χ0v) is 23.1. The number of carbonyl (C=O) groups excluding carboxylic acids is 1. The Hall–Kier alpha value is -1.71. The molecule has 0 aliphatic carbocycles. The van der Waals surface area contributed by atoms with Gasteiger partial charge >= 0.3 is 0 Å². The minimum Gasteiger partial charge on any atom is -0.302 e. The van der Waals surface area contributed by atoms with Crippen LogP contribution in [0.15, 0.2) is 41.3 Å². The summed E-state index contributed by atoms with van der Waals surface area (Å²) in [6.07, 6.45) is -0.114. The van der Waals surface area contributed by atoms with Gasteiger partial charge in [-0.15, -0.1) is 12.4 Å². The normalized spacial score (nSPS) is 11.6. The van der Waals surface area contributed by atoms with Crippen molar-refractivity contribution in [1.29, 1.82) is 0 Å². The minimum atomic E-state index is -3.60. The Kier molecular flexibility index (Phi) is 10.3. The molecular formula is C24H31Cl2N3O3S2. The van der Waals surface area contributed by atoms with Crippen LogP contribution in [0.4, 0.5) is 5.13 Å². The Balaban J connectivity index is 0.00000408. The van der Waals surface area contributed by atoms with E-state index in [1.165, 1.54) is 35.6 Å². The lowest BCUT2D eigenvalue weighted by molar-refractivity contribution is -0.118. The molecule has 1 aromatic heterocycles. The van der Waals surface area contributed by atoms with E-state index in [1.54, 1.807) is 4.90 Å². The highest BCUT2D eigenvalue weighted by Gasteiger charge is 2.24. The van der Waals surface area contributed by atoms with Crippen LogP contribution in [0, 0.1) is 13.8 Å². The third-order valence-electron chi connectivity index (χ3n) is 5.90. The van der Waals surface area contributed by atoms with E-state index in [9.17, 15) is 13.2 Å². The summed E-state index contributed by atoms with van der Waals surface area (Å²) in [5.74, 6) is -0.508. The number of halogens is 2. The SMILES string of the molecule is CCN(CC)CCN(C(=O)CCS(=O)(=O)c1ccc(Cl)cc1)c1nc2c(C)c(C)ccc2s1.Cl. The van der Waals surface area contributed by atoms with Crippen LogP contribution < -0.4 is 4.90 Å². The number of hydrogen-bond donors (Lipinski definition) is 0. The highest BCUT2D eigenvalue weighted by atomic mass is 35.5. The van der Waals surface area contributed by atoms with Gasteiger partial charge in [-0.25, -0.2) is 13.4 Å². The second-order valence-corrected chi connectivity index (χ2v) is 11.5. The molecule has 10 heteroatoms. The van der Waals surface area contributed by atoms with E-state index in [0.29, 0.717) is 23.2 Å². The molecule has 0 saturated heterocycles. The fourth-order valence-corrected chi connectivity index (χ4v) is 5.98. The molecule has 0 unspecified atom stereocenters. The van der Waals surface area contributed by atoms with Gasteiger partial charge in [-0.05, 0) is 68.4 Å². The maximum Gasteiger partial charge on any atom is 0.229 e. The first-order valence-corrected chi connectivity index (χ1v) is 13.9. The third kappa shape index (κ3) is 6.70. The number of thiazole rings is 1. The van der Waals surface area contributed by atoms with Crippen molar-refractivity contribution < 1.29 is 13.2 Å². The Morgan fingerprint density at radius 1 is 1.03 bits per heavy atom. The molecule has 34 heavy (non-hydrogen) atoms. The maximum absolute atomic E-state index is 13.3. The van der Waals surface area contributed by atoms with Gasteiger partial charge in [0.1, 0.15) is 0 Å². The van der Waals surface area contributed by atoms with Gasteiger partial charge in [0, 0.05) is 24.5 Å². The van der Waals surface area contributed by atoms with Crippen LogP contribution >= 0.6 is 35.3 Å². The maximum atomic E-state index is 13.3. The van der Waals surface area contributed by atoms with Gasteiger partial charge in [0.05, 0.1) is 20.9 Å². The fraction of sp³-hybridized carbons (Fsp3) is 0.417. The number of benzene rings is 2. The average Bonchev–Trinajstić information content (AvgIpc) is 3.23. The smallest absolute Gasteiger partial charge is 0.229 e. The topological polar surface area (TPSA) is 70.6 Å². The first-order valence-electron chi connectivity index (χ1n) is 11.0. The summed E-state index contributed by atoms with van der Waals surface area (Å²) in [4.78, 5) is 22.1. The zero-order valence-electron chi connectivity index (χ0n) is 19.9. The number of amides is 1. The number of aryl methyl sites for hydroxylation is 2.